The summed E-state index contributed by atoms with van der Waals surface area (Å²) in [5.41, 5.74) is 0.112. The van der Waals surface area contributed by atoms with Crippen molar-refractivity contribution in [2.24, 2.45) is 11.8 Å². The molecule has 2 aromatic rings. The average Bonchev–Trinajstić information content (AvgIpc) is 2.66. The number of benzene rings is 2. The molecule has 0 saturated heterocycles. The van der Waals surface area contributed by atoms with Gasteiger partial charge < -0.3 is 5.32 Å². The van der Waals surface area contributed by atoms with E-state index in [1.807, 2.05) is 27.7 Å². The Morgan fingerprint density at radius 1 is 1.07 bits per heavy atom. The first kappa shape index (κ1) is 23.2. The molecule has 5 nitrogen and oxygen atoms in total. The third-order valence-electron chi connectivity index (χ3n) is 4.57. The van der Waals surface area contributed by atoms with Crippen LogP contribution in [0, 0.1) is 17.7 Å². The number of sulfonamides is 1. The van der Waals surface area contributed by atoms with Gasteiger partial charge in [-0.05, 0) is 42.2 Å². The summed E-state index contributed by atoms with van der Waals surface area (Å²) >= 11 is 5.86. The zero-order valence-electron chi connectivity index (χ0n) is 16.9. The Kier molecular flexibility index (Phi) is 7.66. The van der Waals surface area contributed by atoms with Gasteiger partial charge >= 0.3 is 0 Å². The van der Waals surface area contributed by atoms with Crippen LogP contribution in [-0.2, 0) is 14.8 Å². The first-order chi connectivity index (χ1) is 13.5. The van der Waals surface area contributed by atoms with E-state index in [1.54, 1.807) is 18.2 Å². The third kappa shape index (κ3) is 5.70. The van der Waals surface area contributed by atoms with Crippen molar-refractivity contribution in [2.45, 2.75) is 38.6 Å². The first-order valence-electron chi connectivity index (χ1n) is 9.36. The van der Waals surface area contributed by atoms with Crippen LogP contribution in [0.5, 0.6) is 0 Å². The lowest BCUT2D eigenvalue weighted by Crippen LogP contribution is -2.47. The van der Waals surface area contributed by atoms with Crippen LogP contribution in [0.3, 0.4) is 0 Å². The molecule has 158 valence electrons. The van der Waals surface area contributed by atoms with Crippen LogP contribution in [0.15, 0.2) is 53.4 Å². The van der Waals surface area contributed by atoms with Gasteiger partial charge in [-0.1, -0.05) is 57.5 Å². The molecule has 0 heterocycles. The minimum Gasteiger partial charge on any atom is -0.351 e. The summed E-state index contributed by atoms with van der Waals surface area (Å²) in [4.78, 5) is 12.8. The molecule has 0 aliphatic rings. The fraction of sp³-hybridized carbons (Fsp3) is 0.381. The number of amides is 1. The second-order valence-corrected chi connectivity index (χ2v) is 9.77. The minimum absolute atomic E-state index is 0.0255. The highest BCUT2D eigenvalue weighted by atomic mass is 35.5. The zero-order valence-corrected chi connectivity index (χ0v) is 18.5. The molecular formula is C21H26ClFN2O3S. The summed E-state index contributed by atoms with van der Waals surface area (Å²) in [6.07, 6.45) is 0. The van der Waals surface area contributed by atoms with Gasteiger partial charge in [-0.3, -0.25) is 9.10 Å². The molecule has 0 fully saturated rings. The maximum atomic E-state index is 13.6. The lowest BCUT2D eigenvalue weighted by Gasteiger charge is -2.29. The number of nitrogens with zero attached hydrogens (tertiary/aromatic N) is 1. The van der Waals surface area contributed by atoms with E-state index in [0.717, 1.165) is 10.4 Å². The Bertz CT molecular complexity index is 942. The minimum atomic E-state index is -4.06. The fourth-order valence-electron chi connectivity index (χ4n) is 3.14. The predicted molar refractivity (Wildman–Crippen MR) is 114 cm³/mol. The summed E-state index contributed by atoms with van der Waals surface area (Å²) in [6, 6.07) is 11.2. The van der Waals surface area contributed by atoms with Gasteiger partial charge in [-0.15, -0.1) is 0 Å². The Hall–Kier alpha value is -2.12. The van der Waals surface area contributed by atoms with E-state index in [1.165, 1.54) is 24.3 Å². The molecule has 1 amide bonds. The topological polar surface area (TPSA) is 66.5 Å². The number of nitrogens with one attached hydrogen (secondary N) is 1. The molecule has 0 spiro atoms. The van der Waals surface area contributed by atoms with Crippen molar-refractivity contribution in [1.29, 1.82) is 0 Å². The molecule has 0 bridgehead atoms. The Labute approximate surface area is 176 Å². The van der Waals surface area contributed by atoms with Crippen molar-refractivity contribution >= 4 is 33.2 Å². The Morgan fingerprint density at radius 2 is 1.66 bits per heavy atom. The average molecular weight is 441 g/mol. The van der Waals surface area contributed by atoms with Crippen molar-refractivity contribution < 1.29 is 17.6 Å². The van der Waals surface area contributed by atoms with E-state index in [9.17, 15) is 17.6 Å². The van der Waals surface area contributed by atoms with Crippen molar-refractivity contribution in [3.05, 3.63) is 59.4 Å². The van der Waals surface area contributed by atoms with Gasteiger partial charge in [0.25, 0.3) is 10.0 Å². The van der Waals surface area contributed by atoms with Crippen molar-refractivity contribution in [3.63, 3.8) is 0 Å². The first-order valence-corrected chi connectivity index (χ1v) is 11.2. The highest BCUT2D eigenvalue weighted by Gasteiger charge is 2.29. The monoisotopic (exact) mass is 440 g/mol. The summed E-state index contributed by atoms with van der Waals surface area (Å²) < 4.78 is 41.0. The molecular weight excluding hydrogens is 415 g/mol. The molecule has 0 aromatic heterocycles. The molecule has 29 heavy (non-hydrogen) atoms. The molecule has 0 aliphatic carbocycles. The number of carbonyl (C=O) groups excluding carboxylic acids is 1. The maximum Gasteiger partial charge on any atom is 0.264 e. The van der Waals surface area contributed by atoms with Crippen molar-refractivity contribution in [1.82, 2.24) is 5.32 Å². The van der Waals surface area contributed by atoms with E-state index in [2.05, 4.69) is 5.32 Å². The van der Waals surface area contributed by atoms with Gasteiger partial charge in [0.15, 0.2) is 0 Å². The molecule has 2 aromatic carbocycles. The van der Waals surface area contributed by atoms with Gasteiger partial charge in [-0.2, -0.15) is 0 Å². The van der Waals surface area contributed by atoms with Crippen LogP contribution in [-0.4, -0.2) is 26.9 Å². The summed E-state index contributed by atoms with van der Waals surface area (Å²) in [7, 11) is -4.06. The molecule has 0 radical (unpaired) electrons. The number of carbonyl (C=O) groups is 1. The van der Waals surface area contributed by atoms with Crippen molar-refractivity contribution in [2.75, 3.05) is 10.8 Å². The lowest BCUT2D eigenvalue weighted by molar-refractivity contribution is -0.121. The molecule has 0 unspecified atom stereocenters. The Morgan fingerprint density at radius 3 is 2.17 bits per heavy atom. The van der Waals surface area contributed by atoms with Crippen LogP contribution in [0.4, 0.5) is 10.1 Å². The second-order valence-electron chi connectivity index (χ2n) is 7.50. The largest absolute Gasteiger partial charge is 0.351 e. The van der Waals surface area contributed by atoms with Crippen molar-refractivity contribution in [3.8, 4) is 0 Å². The van der Waals surface area contributed by atoms with E-state index in [4.69, 9.17) is 11.6 Å². The van der Waals surface area contributed by atoms with Crippen LogP contribution < -0.4 is 9.62 Å². The number of anilines is 1. The predicted octanol–water partition coefficient (Wildman–Crippen LogP) is 4.47. The van der Waals surface area contributed by atoms with E-state index in [-0.39, 0.29) is 33.5 Å². The highest BCUT2D eigenvalue weighted by Crippen LogP contribution is 2.27. The van der Waals surface area contributed by atoms with Gasteiger partial charge in [0.1, 0.15) is 12.4 Å². The number of rotatable bonds is 8. The normalized spacial score (nSPS) is 11.9. The van der Waals surface area contributed by atoms with Gasteiger partial charge in [0.05, 0.1) is 15.6 Å². The van der Waals surface area contributed by atoms with E-state index in [0.29, 0.717) is 0 Å². The van der Waals surface area contributed by atoms with Gasteiger partial charge in [0, 0.05) is 6.04 Å². The van der Waals surface area contributed by atoms with Gasteiger partial charge in [0.2, 0.25) is 5.91 Å². The standard InChI is InChI=1S/C21H26ClFN2O3S/c1-14(2)21(15(3)4)24-20(26)13-25(16-10-11-19(23)18(22)12-16)29(27,28)17-8-6-5-7-9-17/h5-12,14-15,21H,13H2,1-4H3,(H,24,26). The van der Waals surface area contributed by atoms with E-state index >= 15 is 0 Å². The number of hydrogen-bond acceptors (Lipinski definition) is 3. The molecule has 2 rings (SSSR count). The van der Waals surface area contributed by atoms with Gasteiger partial charge in [-0.25, -0.2) is 12.8 Å². The fourth-order valence-corrected chi connectivity index (χ4v) is 4.75. The van der Waals surface area contributed by atoms with E-state index < -0.39 is 28.3 Å². The molecule has 0 saturated carbocycles. The zero-order chi connectivity index (χ0) is 21.8. The highest BCUT2D eigenvalue weighted by molar-refractivity contribution is 7.92. The lowest BCUT2D eigenvalue weighted by atomic mass is 9.93. The summed E-state index contributed by atoms with van der Waals surface area (Å²) in [5, 5.41) is 2.69. The van der Waals surface area contributed by atoms with Crippen LogP contribution >= 0.6 is 11.6 Å². The molecule has 0 atom stereocenters. The van der Waals surface area contributed by atoms with Crippen LogP contribution in [0.2, 0.25) is 5.02 Å². The second kappa shape index (κ2) is 9.59. The quantitative estimate of drug-likeness (QED) is 0.658. The molecule has 0 aliphatic heterocycles. The summed E-state index contributed by atoms with van der Waals surface area (Å²) in [6.45, 7) is 7.51. The number of hydrogen-bond donors (Lipinski definition) is 1. The summed E-state index contributed by atoms with van der Waals surface area (Å²) in [5.74, 6) is -0.759. The third-order valence-corrected chi connectivity index (χ3v) is 6.65. The number of halogens is 2. The smallest absolute Gasteiger partial charge is 0.264 e. The molecule has 8 heteroatoms. The molecule has 1 N–H and O–H groups in total. The van der Waals surface area contributed by atoms with Crippen LogP contribution in [0.25, 0.3) is 0 Å². The SMILES string of the molecule is CC(C)C(NC(=O)CN(c1ccc(F)c(Cl)c1)S(=O)(=O)c1ccccc1)C(C)C. The van der Waals surface area contributed by atoms with Crippen LogP contribution in [0.1, 0.15) is 27.7 Å². The maximum absolute atomic E-state index is 13.6. The Balaban J connectivity index is 2.42.